The number of hydrogen-bond donors (Lipinski definition) is 0. The van der Waals surface area contributed by atoms with Gasteiger partial charge >= 0.3 is 11.8 Å². The van der Waals surface area contributed by atoms with Gasteiger partial charge in [-0.15, -0.1) is 0 Å². The average Bonchev–Trinajstić information content (AvgIpc) is 3.21. The summed E-state index contributed by atoms with van der Waals surface area (Å²) in [5.74, 6) is 0.376. The highest BCUT2D eigenvalue weighted by atomic mass is 16.5. The molecule has 4 rings (SSSR count). The van der Waals surface area contributed by atoms with Crippen LogP contribution in [0.4, 0.5) is 0 Å². The van der Waals surface area contributed by atoms with Crippen LogP contribution in [0, 0.1) is 0 Å². The summed E-state index contributed by atoms with van der Waals surface area (Å²) in [4.78, 5) is 24.0. The maximum atomic E-state index is 13.3. The molecule has 2 heterocycles. The number of nitrogens with zero attached hydrogens (tertiary/aromatic N) is 4. The van der Waals surface area contributed by atoms with Crippen LogP contribution in [0.1, 0.15) is 74.9 Å². The van der Waals surface area contributed by atoms with E-state index in [9.17, 15) is 4.79 Å². The number of hydrogen-bond acceptors (Lipinski definition) is 5. The minimum absolute atomic E-state index is 0.0986. The van der Waals surface area contributed by atoms with Gasteiger partial charge in [-0.1, -0.05) is 49.7 Å². The molecule has 0 saturated heterocycles. The van der Waals surface area contributed by atoms with Gasteiger partial charge in [0.2, 0.25) is 5.82 Å². The van der Waals surface area contributed by atoms with Gasteiger partial charge in [0.1, 0.15) is 5.69 Å². The third-order valence-corrected chi connectivity index (χ3v) is 5.67. The van der Waals surface area contributed by atoms with Crippen LogP contribution in [0.3, 0.4) is 0 Å². The standard InChI is InChI=1S/C20H26N4O2/c25-20(19-22-18(23-26-19)17-13-7-8-14-21-17)24(15-9-3-1-4-10-15)16-11-5-2-6-12-16/h7-8,13-16H,1-6,9-12H2. The molecule has 6 heteroatoms. The molecule has 2 saturated carbocycles. The van der Waals surface area contributed by atoms with Crippen molar-refractivity contribution in [2.45, 2.75) is 76.3 Å². The molecule has 0 radical (unpaired) electrons. The average molecular weight is 354 g/mol. The maximum absolute atomic E-state index is 13.3. The Morgan fingerprint density at radius 3 is 2.19 bits per heavy atom. The van der Waals surface area contributed by atoms with Crippen molar-refractivity contribution in [2.75, 3.05) is 0 Å². The highest BCUT2D eigenvalue weighted by molar-refractivity contribution is 5.90. The zero-order chi connectivity index (χ0) is 17.8. The highest BCUT2D eigenvalue weighted by Gasteiger charge is 2.35. The largest absolute Gasteiger partial charge is 0.328 e. The molecule has 2 aromatic rings. The molecule has 1 amide bonds. The Balaban J connectivity index is 1.58. The molecule has 0 aromatic carbocycles. The SMILES string of the molecule is O=C(c1nc(-c2ccccn2)no1)N(C1CCCCC1)C1CCCCC1. The highest BCUT2D eigenvalue weighted by Crippen LogP contribution is 2.31. The van der Waals surface area contributed by atoms with E-state index in [0.29, 0.717) is 23.6 Å². The molecule has 0 spiro atoms. The van der Waals surface area contributed by atoms with E-state index < -0.39 is 0 Å². The van der Waals surface area contributed by atoms with Crippen LogP contribution in [-0.2, 0) is 0 Å². The van der Waals surface area contributed by atoms with Crippen molar-refractivity contribution in [3.8, 4) is 11.5 Å². The van der Waals surface area contributed by atoms with Crippen molar-refractivity contribution in [2.24, 2.45) is 0 Å². The van der Waals surface area contributed by atoms with Gasteiger partial charge < -0.3 is 9.42 Å². The van der Waals surface area contributed by atoms with Gasteiger partial charge in [0.25, 0.3) is 0 Å². The molecule has 138 valence electrons. The number of rotatable bonds is 4. The van der Waals surface area contributed by atoms with Crippen LogP contribution in [0.2, 0.25) is 0 Å². The first kappa shape index (κ1) is 17.2. The fourth-order valence-electron chi connectivity index (χ4n) is 4.37. The molecule has 0 N–H and O–H groups in total. The van der Waals surface area contributed by atoms with Crippen molar-refractivity contribution in [1.29, 1.82) is 0 Å². The summed E-state index contributed by atoms with van der Waals surface area (Å²) in [6, 6.07) is 6.15. The smallest absolute Gasteiger partial charge is 0.316 e. The molecule has 2 aliphatic carbocycles. The van der Waals surface area contributed by atoms with Crippen molar-refractivity contribution in [1.82, 2.24) is 20.0 Å². The first-order valence-electron chi connectivity index (χ1n) is 9.91. The van der Waals surface area contributed by atoms with E-state index in [-0.39, 0.29) is 11.8 Å². The number of aromatic nitrogens is 3. The van der Waals surface area contributed by atoms with Crippen molar-refractivity contribution >= 4 is 5.91 Å². The van der Waals surface area contributed by atoms with Crippen LogP contribution < -0.4 is 0 Å². The Bertz CT molecular complexity index is 700. The molecule has 0 atom stereocenters. The Labute approximate surface area is 154 Å². The summed E-state index contributed by atoms with van der Waals surface area (Å²) >= 11 is 0. The summed E-state index contributed by atoms with van der Waals surface area (Å²) in [6.45, 7) is 0. The molecule has 2 aromatic heterocycles. The fraction of sp³-hybridized carbons (Fsp3) is 0.600. The zero-order valence-electron chi connectivity index (χ0n) is 15.1. The predicted molar refractivity (Wildman–Crippen MR) is 97.4 cm³/mol. The monoisotopic (exact) mass is 354 g/mol. The molecule has 2 aliphatic rings. The molecule has 26 heavy (non-hydrogen) atoms. The van der Waals surface area contributed by atoms with Crippen molar-refractivity contribution in [3.05, 3.63) is 30.3 Å². The predicted octanol–water partition coefficient (Wildman–Crippen LogP) is 4.24. The van der Waals surface area contributed by atoms with E-state index in [4.69, 9.17) is 4.52 Å². The van der Waals surface area contributed by atoms with E-state index in [1.54, 1.807) is 6.20 Å². The normalized spacial score (nSPS) is 19.4. The lowest BCUT2D eigenvalue weighted by Crippen LogP contribution is -2.48. The number of amides is 1. The molecular weight excluding hydrogens is 328 g/mol. The number of carbonyl (C=O) groups excluding carboxylic acids is 1. The summed E-state index contributed by atoms with van der Waals surface area (Å²) < 4.78 is 5.35. The second-order valence-corrected chi connectivity index (χ2v) is 7.43. The van der Waals surface area contributed by atoms with Gasteiger partial charge in [-0.3, -0.25) is 9.78 Å². The minimum Gasteiger partial charge on any atom is -0.328 e. The first-order valence-corrected chi connectivity index (χ1v) is 9.91. The third kappa shape index (κ3) is 3.64. The van der Waals surface area contributed by atoms with E-state index in [1.807, 2.05) is 18.2 Å². The summed E-state index contributed by atoms with van der Waals surface area (Å²) in [5.41, 5.74) is 0.622. The van der Waals surface area contributed by atoms with Gasteiger partial charge in [-0.25, -0.2) is 0 Å². The maximum Gasteiger partial charge on any atom is 0.316 e. The Morgan fingerprint density at radius 1 is 0.962 bits per heavy atom. The van der Waals surface area contributed by atoms with Crippen LogP contribution in [0.25, 0.3) is 11.5 Å². The molecular formula is C20H26N4O2. The third-order valence-electron chi connectivity index (χ3n) is 5.67. The van der Waals surface area contributed by atoms with Gasteiger partial charge in [0.05, 0.1) is 0 Å². The van der Waals surface area contributed by atoms with Crippen molar-refractivity contribution in [3.63, 3.8) is 0 Å². The molecule has 0 bridgehead atoms. The van der Waals surface area contributed by atoms with E-state index >= 15 is 0 Å². The summed E-state index contributed by atoms with van der Waals surface area (Å²) in [7, 11) is 0. The van der Waals surface area contributed by atoms with E-state index in [0.717, 1.165) is 25.7 Å². The van der Waals surface area contributed by atoms with E-state index in [1.165, 1.54) is 38.5 Å². The van der Waals surface area contributed by atoms with Gasteiger partial charge in [-0.2, -0.15) is 4.98 Å². The molecule has 0 unspecified atom stereocenters. The Kier molecular flexibility index (Phi) is 5.27. The van der Waals surface area contributed by atoms with Crippen LogP contribution in [0.5, 0.6) is 0 Å². The fourth-order valence-corrected chi connectivity index (χ4v) is 4.37. The van der Waals surface area contributed by atoms with Crippen LogP contribution in [-0.4, -0.2) is 38.0 Å². The zero-order valence-corrected chi connectivity index (χ0v) is 15.1. The van der Waals surface area contributed by atoms with Crippen LogP contribution in [0.15, 0.2) is 28.9 Å². The summed E-state index contributed by atoms with van der Waals surface area (Å²) in [6.07, 6.45) is 13.4. The molecule has 2 fully saturated rings. The van der Waals surface area contributed by atoms with Gasteiger partial charge in [-0.05, 0) is 37.8 Å². The quantitative estimate of drug-likeness (QED) is 0.821. The molecule has 0 aliphatic heterocycles. The number of carbonyl (C=O) groups is 1. The first-order chi connectivity index (χ1) is 12.8. The Morgan fingerprint density at radius 2 is 1.62 bits per heavy atom. The van der Waals surface area contributed by atoms with Crippen molar-refractivity contribution < 1.29 is 9.32 Å². The Hall–Kier alpha value is -2.24. The molecule has 6 nitrogen and oxygen atoms in total. The lowest BCUT2D eigenvalue weighted by atomic mass is 9.88. The second-order valence-electron chi connectivity index (χ2n) is 7.43. The van der Waals surface area contributed by atoms with Gasteiger partial charge in [0, 0.05) is 18.3 Å². The topological polar surface area (TPSA) is 72.1 Å². The summed E-state index contributed by atoms with van der Waals surface area (Å²) in [5, 5.41) is 3.98. The van der Waals surface area contributed by atoms with E-state index in [2.05, 4.69) is 20.0 Å². The second kappa shape index (κ2) is 7.98. The van der Waals surface area contributed by atoms with Crippen LogP contribution >= 0.6 is 0 Å². The number of pyridine rings is 1. The lowest BCUT2D eigenvalue weighted by molar-refractivity contribution is 0.0401. The van der Waals surface area contributed by atoms with Gasteiger partial charge in [0.15, 0.2) is 0 Å². The minimum atomic E-state index is -0.0986. The lowest BCUT2D eigenvalue weighted by Gasteiger charge is -2.40.